The van der Waals surface area contributed by atoms with Gasteiger partial charge < -0.3 is 20.1 Å². The summed E-state index contributed by atoms with van der Waals surface area (Å²) in [6, 6.07) is 7.35. The molecule has 0 aliphatic heterocycles. The predicted octanol–water partition coefficient (Wildman–Crippen LogP) is 1.02. The maximum Gasteiger partial charge on any atom is 0.242 e. The number of hydrogen-bond donors (Lipinski definition) is 1. The summed E-state index contributed by atoms with van der Waals surface area (Å²) in [4.78, 5) is 13.5. The van der Waals surface area contributed by atoms with Crippen molar-refractivity contribution in [3.8, 4) is 11.5 Å². The van der Waals surface area contributed by atoms with E-state index >= 15 is 0 Å². The Bertz CT molecular complexity index is 441. The molecule has 0 saturated heterocycles. The first-order chi connectivity index (χ1) is 9.05. The maximum atomic E-state index is 11.9. The molecule has 1 aromatic carbocycles. The monoisotopic (exact) mass is 264 g/mol. The summed E-state index contributed by atoms with van der Waals surface area (Å²) in [6.45, 7) is 0.981. The second-order valence-electron chi connectivity index (χ2n) is 4.91. The SMILES string of the molecule is COc1ccc(OCCN(C)C(=O)C2(N)CC2)cc1. The minimum atomic E-state index is -0.602. The van der Waals surface area contributed by atoms with E-state index in [1.165, 1.54) is 0 Å². The molecule has 2 rings (SSSR count). The third-order valence-electron chi connectivity index (χ3n) is 3.32. The van der Waals surface area contributed by atoms with E-state index < -0.39 is 5.54 Å². The molecule has 0 spiro atoms. The third kappa shape index (κ3) is 3.38. The lowest BCUT2D eigenvalue weighted by atomic mass is 10.2. The molecule has 1 aromatic rings. The lowest BCUT2D eigenvalue weighted by Crippen LogP contribution is -2.45. The average molecular weight is 264 g/mol. The summed E-state index contributed by atoms with van der Waals surface area (Å²) in [6.07, 6.45) is 1.57. The van der Waals surface area contributed by atoms with E-state index in [4.69, 9.17) is 15.2 Å². The Labute approximate surface area is 113 Å². The third-order valence-corrected chi connectivity index (χ3v) is 3.32. The van der Waals surface area contributed by atoms with Crippen LogP contribution in [0.25, 0.3) is 0 Å². The van der Waals surface area contributed by atoms with Crippen LogP contribution in [0, 0.1) is 0 Å². The number of rotatable bonds is 6. The molecule has 1 fully saturated rings. The Morgan fingerprint density at radius 3 is 2.42 bits per heavy atom. The highest BCUT2D eigenvalue weighted by Crippen LogP contribution is 2.33. The number of carbonyl (C=O) groups is 1. The summed E-state index contributed by atoms with van der Waals surface area (Å²) < 4.78 is 10.6. The van der Waals surface area contributed by atoms with Gasteiger partial charge in [0.1, 0.15) is 18.1 Å². The van der Waals surface area contributed by atoms with Crippen molar-refractivity contribution >= 4 is 5.91 Å². The van der Waals surface area contributed by atoms with Crippen LogP contribution >= 0.6 is 0 Å². The van der Waals surface area contributed by atoms with E-state index in [2.05, 4.69) is 0 Å². The maximum absolute atomic E-state index is 11.9. The molecular formula is C14H20N2O3. The number of likely N-dealkylation sites (N-methyl/N-ethyl adjacent to an activating group) is 1. The van der Waals surface area contributed by atoms with Crippen molar-refractivity contribution < 1.29 is 14.3 Å². The highest BCUT2D eigenvalue weighted by molar-refractivity contribution is 5.88. The summed E-state index contributed by atoms with van der Waals surface area (Å²) >= 11 is 0. The molecule has 0 radical (unpaired) electrons. The van der Waals surface area contributed by atoms with Crippen molar-refractivity contribution in [3.05, 3.63) is 24.3 Å². The number of nitrogens with two attached hydrogens (primary N) is 1. The van der Waals surface area contributed by atoms with Gasteiger partial charge in [0, 0.05) is 7.05 Å². The zero-order valence-electron chi connectivity index (χ0n) is 11.4. The number of benzene rings is 1. The van der Waals surface area contributed by atoms with Crippen molar-refractivity contribution in [3.63, 3.8) is 0 Å². The zero-order chi connectivity index (χ0) is 13.9. The van der Waals surface area contributed by atoms with Crippen LogP contribution in [-0.2, 0) is 4.79 Å². The van der Waals surface area contributed by atoms with Gasteiger partial charge in [-0.05, 0) is 37.1 Å². The van der Waals surface area contributed by atoms with Gasteiger partial charge in [-0.25, -0.2) is 0 Å². The molecule has 0 atom stereocenters. The van der Waals surface area contributed by atoms with Crippen molar-refractivity contribution in [2.45, 2.75) is 18.4 Å². The van der Waals surface area contributed by atoms with Crippen molar-refractivity contribution in [2.24, 2.45) is 5.73 Å². The summed E-state index contributed by atoms with van der Waals surface area (Å²) in [5, 5.41) is 0. The van der Waals surface area contributed by atoms with Gasteiger partial charge in [0.25, 0.3) is 0 Å². The van der Waals surface area contributed by atoms with Crippen LogP contribution in [0.15, 0.2) is 24.3 Å². The topological polar surface area (TPSA) is 64.8 Å². The van der Waals surface area contributed by atoms with Crippen LogP contribution < -0.4 is 15.2 Å². The fraction of sp³-hybridized carbons (Fsp3) is 0.500. The van der Waals surface area contributed by atoms with Gasteiger partial charge >= 0.3 is 0 Å². The van der Waals surface area contributed by atoms with E-state index in [9.17, 15) is 4.79 Å². The van der Waals surface area contributed by atoms with Crippen molar-refractivity contribution in [1.82, 2.24) is 4.90 Å². The van der Waals surface area contributed by atoms with Gasteiger partial charge in [0.15, 0.2) is 0 Å². The molecule has 0 bridgehead atoms. The number of amides is 1. The number of hydrogen-bond acceptors (Lipinski definition) is 4. The van der Waals surface area contributed by atoms with Crippen LogP contribution in [-0.4, -0.2) is 43.7 Å². The lowest BCUT2D eigenvalue weighted by Gasteiger charge is -2.20. The number of carbonyl (C=O) groups excluding carboxylic acids is 1. The first-order valence-electron chi connectivity index (χ1n) is 6.36. The Balaban J connectivity index is 1.75. The van der Waals surface area contributed by atoms with Gasteiger partial charge in [0.2, 0.25) is 5.91 Å². The molecule has 0 unspecified atom stereocenters. The zero-order valence-corrected chi connectivity index (χ0v) is 11.4. The average Bonchev–Trinajstić information content (AvgIpc) is 3.18. The van der Waals surface area contributed by atoms with Crippen LogP contribution in [0.2, 0.25) is 0 Å². The second-order valence-corrected chi connectivity index (χ2v) is 4.91. The predicted molar refractivity (Wildman–Crippen MR) is 72.3 cm³/mol. The quantitative estimate of drug-likeness (QED) is 0.833. The van der Waals surface area contributed by atoms with Crippen molar-refractivity contribution in [1.29, 1.82) is 0 Å². The second kappa shape index (κ2) is 5.48. The Hall–Kier alpha value is -1.75. The molecule has 1 aliphatic carbocycles. The van der Waals surface area contributed by atoms with Gasteiger partial charge in [-0.15, -0.1) is 0 Å². The van der Waals surface area contributed by atoms with E-state index in [1.807, 2.05) is 24.3 Å². The fourth-order valence-electron chi connectivity index (χ4n) is 1.80. The smallest absolute Gasteiger partial charge is 0.242 e. The van der Waals surface area contributed by atoms with Gasteiger partial charge in [-0.2, -0.15) is 0 Å². The van der Waals surface area contributed by atoms with Crippen LogP contribution in [0.3, 0.4) is 0 Å². The largest absolute Gasteiger partial charge is 0.497 e. The molecule has 1 amide bonds. The van der Waals surface area contributed by atoms with E-state index in [0.29, 0.717) is 13.2 Å². The number of ether oxygens (including phenoxy) is 2. The van der Waals surface area contributed by atoms with Crippen LogP contribution in [0.4, 0.5) is 0 Å². The van der Waals surface area contributed by atoms with Gasteiger partial charge in [-0.3, -0.25) is 4.79 Å². The molecule has 1 saturated carbocycles. The highest BCUT2D eigenvalue weighted by atomic mass is 16.5. The van der Waals surface area contributed by atoms with E-state index in [-0.39, 0.29) is 5.91 Å². The van der Waals surface area contributed by atoms with Gasteiger partial charge in [-0.1, -0.05) is 0 Å². The number of nitrogens with zero attached hydrogens (tertiary/aromatic N) is 1. The molecule has 0 aromatic heterocycles. The minimum Gasteiger partial charge on any atom is -0.497 e. The first-order valence-corrected chi connectivity index (χ1v) is 6.36. The van der Waals surface area contributed by atoms with Crippen LogP contribution in [0.1, 0.15) is 12.8 Å². The molecule has 19 heavy (non-hydrogen) atoms. The first kappa shape index (κ1) is 13.7. The Kier molecular flexibility index (Phi) is 3.95. The molecule has 5 nitrogen and oxygen atoms in total. The summed E-state index contributed by atoms with van der Waals surface area (Å²) in [5.74, 6) is 1.56. The minimum absolute atomic E-state index is 0.00540. The number of methoxy groups -OCH3 is 1. The molecule has 1 aliphatic rings. The normalized spacial score (nSPS) is 15.7. The lowest BCUT2D eigenvalue weighted by molar-refractivity contribution is -0.132. The Morgan fingerprint density at radius 2 is 1.89 bits per heavy atom. The Morgan fingerprint density at radius 1 is 1.32 bits per heavy atom. The molecular weight excluding hydrogens is 244 g/mol. The van der Waals surface area contributed by atoms with Gasteiger partial charge in [0.05, 0.1) is 19.2 Å². The molecule has 5 heteroatoms. The van der Waals surface area contributed by atoms with E-state index in [0.717, 1.165) is 24.3 Å². The molecule has 2 N–H and O–H groups in total. The summed E-state index contributed by atoms with van der Waals surface area (Å²) in [5.41, 5.74) is 5.26. The van der Waals surface area contributed by atoms with Crippen LogP contribution in [0.5, 0.6) is 11.5 Å². The molecule has 104 valence electrons. The standard InChI is InChI=1S/C14H20N2O3/c1-16(13(17)14(15)7-8-14)9-10-19-12-5-3-11(18-2)4-6-12/h3-6H,7-10,15H2,1-2H3. The van der Waals surface area contributed by atoms with E-state index in [1.54, 1.807) is 19.1 Å². The fourth-order valence-corrected chi connectivity index (χ4v) is 1.80. The van der Waals surface area contributed by atoms with Crippen molar-refractivity contribution in [2.75, 3.05) is 27.3 Å². The highest BCUT2D eigenvalue weighted by Gasteiger charge is 2.47. The molecule has 0 heterocycles. The summed E-state index contributed by atoms with van der Waals surface area (Å²) in [7, 11) is 3.38.